The molecule has 1 aromatic heterocycles. The van der Waals surface area contributed by atoms with E-state index in [0.717, 1.165) is 17.2 Å². The van der Waals surface area contributed by atoms with Gasteiger partial charge in [0.05, 0.1) is 13.7 Å². The zero-order chi connectivity index (χ0) is 15.7. The molecule has 0 bridgehead atoms. The maximum Gasteiger partial charge on any atom is 0.165 e. The molecule has 0 saturated heterocycles. The standard InChI is InChI=1S/C16H21FN4O/c1-10(12-6-7-13(17)14(8-12)22-3)18-9-15-19-20-16(21(15)2)11-4-5-11/h6-8,10-11,18H,4-5,9H2,1-3H3/t10-/m0/s1. The summed E-state index contributed by atoms with van der Waals surface area (Å²) in [5.74, 6) is 2.50. The van der Waals surface area contributed by atoms with Gasteiger partial charge in [-0.25, -0.2) is 4.39 Å². The fraction of sp³-hybridized carbons (Fsp3) is 0.500. The summed E-state index contributed by atoms with van der Waals surface area (Å²) in [4.78, 5) is 0. The maximum absolute atomic E-state index is 13.5. The summed E-state index contributed by atoms with van der Waals surface area (Å²) in [5, 5.41) is 11.9. The van der Waals surface area contributed by atoms with Crippen molar-refractivity contribution >= 4 is 0 Å². The zero-order valence-corrected chi connectivity index (χ0v) is 13.1. The third-order valence-corrected chi connectivity index (χ3v) is 4.18. The van der Waals surface area contributed by atoms with E-state index in [4.69, 9.17) is 4.74 Å². The number of methoxy groups -OCH3 is 1. The van der Waals surface area contributed by atoms with Gasteiger partial charge >= 0.3 is 0 Å². The Hall–Kier alpha value is -1.95. The molecule has 0 unspecified atom stereocenters. The summed E-state index contributed by atoms with van der Waals surface area (Å²) in [6.45, 7) is 2.65. The lowest BCUT2D eigenvalue weighted by Gasteiger charge is -2.15. The molecule has 1 aliphatic rings. The van der Waals surface area contributed by atoms with E-state index in [-0.39, 0.29) is 17.6 Å². The molecule has 5 nitrogen and oxygen atoms in total. The average molecular weight is 304 g/mol. The molecular formula is C16H21FN4O. The van der Waals surface area contributed by atoms with Crippen molar-refractivity contribution in [2.24, 2.45) is 7.05 Å². The predicted octanol–water partition coefficient (Wildman–Crippen LogP) is 2.69. The number of nitrogens with one attached hydrogen (secondary N) is 1. The van der Waals surface area contributed by atoms with Gasteiger partial charge in [-0.2, -0.15) is 0 Å². The monoisotopic (exact) mass is 304 g/mol. The molecule has 0 amide bonds. The van der Waals surface area contributed by atoms with E-state index in [1.54, 1.807) is 12.1 Å². The van der Waals surface area contributed by atoms with Crippen LogP contribution in [0.4, 0.5) is 4.39 Å². The Labute approximate surface area is 129 Å². The van der Waals surface area contributed by atoms with Gasteiger partial charge < -0.3 is 14.6 Å². The molecule has 118 valence electrons. The molecule has 1 N–H and O–H groups in total. The van der Waals surface area contributed by atoms with Gasteiger partial charge in [-0.05, 0) is 37.5 Å². The highest BCUT2D eigenvalue weighted by atomic mass is 19.1. The highest BCUT2D eigenvalue weighted by molar-refractivity contribution is 5.31. The minimum Gasteiger partial charge on any atom is -0.494 e. The molecule has 1 saturated carbocycles. The van der Waals surface area contributed by atoms with Crippen molar-refractivity contribution in [2.45, 2.75) is 38.3 Å². The first-order valence-electron chi connectivity index (χ1n) is 7.55. The number of ether oxygens (including phenoxy) is 1. The van der Waals surface area contributed by atoms with E-state index in [0.29, 0.717) is 12.5 Å². The number of hydrogen-bond acceptors (Lipinski definition) is 4. The van der Waals surface area contributed by atoms with Crippen molar-refractivity contribution in [3.63, 3.8) is 0 Å². The number of benzene rings is 1. The highest BCUT2D eigenvalue weighted by Crippen LogP contribution is 2.38. The summed E-state index contributed by atoms with van der Waals surface area (Å²) in [6.07, 6.45) is 2.43. The van der Waals surface area contributed by atoms with Crippen LogP contribution in [0.5, 0.6) is 5.75 Å². The number of rotatable bonds is 6. The van der Waals surface area contributed by atoms with E-state index in [9.17, 15) is 4.39 Å². The van der Waals surface area contributed by atoms with E-state index in [1.165, 1.54) is 26.0 Å². The first kappa shape index (κ1) is 15.0. The predicted molar refractivity (Wildman–Crippen MR) is 81.2 cm³/mol. The van der Waals surface area contributed by atoms with Gasteiger partial charge in [0.1, 0.15) is 11.6 Å². The van der Waals surface area contributed by atoms with Crippen molar-refractivity contribution in [3.8, 4) is 5.75 Å². The largest absolute Gasteiger partial charge is 0.494 e. The Bertz CT molecular complexity index is 666. The number of hydrogen-bond donors (Lipinski definition) is 1. The Morgan fingerprint density at radius 1 is 1.41 bits per heavy atom. The fourth-order valence-electron chi connectivity index (χ4n) is 2.53. The van der Waals surface area contributed by atoms with Crippen LogP contribution in [0.15, 0.2) is 18.2 Å². The minimum atomic E-state index is -0.346. The number of aromatic nitrogens is 3. The number of nitrogens with zero attached hydrogens (tertiary/aromatic N) is 3. The highest BCUT2D eigenvalue weighted by Gasteiger charge is 2.29. The van der Waals surface area contributed by atoms with E-state index >= 15 is 0 Å². The Morgan fingerprint density at radius 2 is 2.18 bits per heavy atom. The summed E-state index contributed by atoms with van der Waals surface area (Å²) < 4.78 is 20.6. The molecule has 22 heavy (non-hydrogen) atoms. The molecule has 3 rings (SSSR count). The van der Waals surface area contributed by atoms with Crippen LogP contribution >= 0.6 is 0 Å². The molecule has 0 radical (unpaired) electrons. The van der Waals surface area contributed by atoms with Gasteiger partial charge in [-0.15, -0.1) is 10.2 Å². The molecule has 0 aliphatic heterocycles. The van der Waals surface area contributed by atoms with Crippen molar-refractivity contribution in [2.75, 3.05) is 7.11 Å². The molecule has 1 heterocycles. The number of halogens is 1. The second-order valence-corrected chi connectivity index (χ2v) is 5.80. The van der Waals surface area contributed by atoms with Gasteiger partial charge in [0.15, 0.2) is 11.6 Å². The van der Waals surface area contributed by atoms with E-state index < -0.39 is 0 Å². The lowest BCUT2D eigenvalue weighted by Crippen LogP contribution is -2.20. The van der Waals surface area contributed by atoms with Crippen LogP contribution in [0.2, 0.25) is 0 Å². The molecule has 1 fully saturated rings. The van der Waals surface area contributed by atoms with Crippen molar-refractivity contribution in [1.82, 2.24) is 20.1 Å². The van der Waals surface area contributed by atoms with Crippen LogP contribution in [-0.4, -0.2) is 21.9 Å². The molecule has 6 heteroatoms. The van der Waals surface area contributed by atoms with Crippen molar-refractivity contribution < 1.29 is 9.13 Å². The lowest BCUT2D eigenvalue weighted by atomic mass is 10.1. The van der Waals surface area contributed by atoms with Crippen LogP contribution in [0.25, 0.3) is 0 Å². The first-order chi connectivity index (χ1) is 10.6. The van der Waals surface area contributed by atoms with E-state index in [1.807, 2.05) is 14.0 Å². The van der Waals surface area contributed by atoms with Gasteiger partial charge in [0, 0.05) is 19.0 Å². The van der Waals surface area contributed by atoms with E-state index in [2.05, 4.69) is 20.1 Å². The van der Waals surface area contributed by atoms with Crippen LogP contribution in [-0.2, 0) is 13.6 Å². The lowest BCUT2D eigenvalue weighted by molar-refractivity contribution is 0.385. The summed E-state index contributed by atoms with van der Waals surface area (Å²) in [5.41, 5.74) is 0.975. The average Bonchev–Trinajstić information content (AvgIpc) is 3.29. The third kappa shape index (κ3) is 2.97. The van der Waals surface area contributed by atoms with Crippen molar-refractivity contribution in [3.05, 3.63) is 41.2 Å². The third-order valence-electron chi connectivity index (χ3n) is 4.18. The summed E-state index contributed by atoms with van der Waals surface area (Å²) in [7, 11) is 3.48. The zero-order valence-electron chi connectivity index (χ0n) is 13.1. The Balaban J connectivity index is 1.65. The molecule has 1 aromatic carbocycles. The van der Waals surface area contributed by atoms with Gasteiger partial charge in [-0.3, -0.25) is 0 Å². The Kier molecular flexibility index (Phi) is 4.11. The summed E-state index contributed by atoms with van der Waals surface area (Å²) >= 11 is 0. The quantitative estimate of drug-likeness (QED) is 0.891. The second kappa shape index (κ2) is 6.04. The molecular weight excluding hydrogens is 283 g/mol. The van der Waals surface area contributed by atoms with Gasteiger partial charge in [0.25, 0.3) is 0 Å². The van der Waals surface area contributed by atoms with Gasteiger partial charge in [0.2, 0.25) is 0 Å². The van der Waals surface area contributed by atoms with Crippen LogP contribution in [0, 0.1) is 5.82 Å². The molecule has 1 aliphatic carbocycles. The minimum absolute atomic E-state index is 0.0653. The normalized spacial score (nSPS) is 15.8. The van der Waals surface area contributed by atoms with Crippen molar-refractivity contribution in [1.29, 1.82) is 0 Å². The van der Waals surface area contributed by atoms with Crippen LogP contribution < -0.4 is 10.1 Å². The van der Waals surface area contributed by atoms with Gasteiger partial charge in [-0.1, -0.05) is 6.07 Å². The van der Waals surface area contributed by atoms with Crippen LogP contribution in [0.1, 0.15) is 48.9 Å². The van der Waals surface area contributed by atoms with Crippen LogP contribution in [0.3, 0.4) is 0 Å². The fourth-order valence-corrected chi connectivity index (χ4v) is 2.53. The SMILES string of the molecule is COc1cc([C@H](C)NCc2nnc(C3CC3)n2C)ccc1F. The second-order valence-electron chi connectivity index (χ2n) is 5.80. The molecule has 2 aromatic rings. The summed E-state index contributed by atoms with van der Waals surface area (Å²) in [6, 6.07) is 4.98. The first-order valence-corrected chi connectivity index (χ1v) is 7.55. The Morgan fingerprint density at radius 3 is 2.86 bits per heavy atom. The maximum atomic E-state index is 13.5. The molecule has 0 spiro atoms. The molecule has 1 atom stereocenters. The topological polar surface area (TPSA) is 52.0 Å². The smallest absolute Gasteiger partial charge is 0.165 e.